The molecule has 0 saturated heterocycles. The van der Waals surface area contributed by atoms with Crippen LogP contribution in [0.4, 0.5) is 0 Å². The molecule has 0 heterocycles. The van der Waals surface area contributed by atoms with Gasteiger partial charge in [0.2, 0.25) is 0 Å². The Hall–Kier alpha value is -0.280. The van der Waals surface area contributed by atoms with Gasteiger partial charge in [0.25, 0.3) is 0 Å². The third kappa shape index (κ3) is 18.7. The summed E-state index contributed by atoms with van der Waals surface area (Å²) in [6.45, 7) is 13.0. The molecule has 0 saturated carbocycles. The third-order valence-electron chi connectivity index (χ3n) is 6.10. The minimum absolute atomic E-state index is 0.0328. The van der Waals surface area contributed by atoms with Gasteiger partial charge >= 0.3 is 22.7 Å². The van der Waals surface area contributed by atoms with Crippen LogP contribution in [0.1, 0.15) is 119 Å². The zero-order valence-corrected chi connectivity index (χ0v) is 28.4. The zero-order chi connectivity index (χ0) is 29.9. The van der Waals surface area contributed by atoms with E-state index in [1.165, 1.54) is 0 Å². The molecule has 0 amide bonds. The normalized spacial score (nSPS) is 13.5. The van der Waals surface area contributed by atoms with Crippen LogP contribution in [0.5, 0.6) is 0 Å². The van der Waals surface area contributed by atoms with Crippen molar-refractivity contribution in [1.82, 2.24) is 0 Å². The average molecular weight is 629 g/mol. The Morgan fingerprint density at radius 1 is 0.667 bits per heavy atom. The Bertz CT molecular complexity index is 675. The van der Waals surface area contributed by atoms with Gasteiger partial charge < -0.3 is 19.1 Å². The maximum atomic E-state index is 13.4. The molecule has 11 heteroatoms. The van der Waals surface area contributed by atoms with Crippen LogP contribution >= 0.6 is 28.3 Å². The van der Waals surface area contributed by atoms with Gasteiger partial charge in [-0.15, -0.1) is 12.2 Å². The molecule has 1 N–H and O–H groups in total. The third-order valence-corrected chi connectivity index (χ3v) is 10.0. The Kier molecular flexibility index (Phi) is 21.3. The molecular weight excluding hydrogens is 575 g/mol. The Labute approximate surface area is 251 Å². The van der Waals surface area contributed by atoms with Crippen molar-refractivity contribution in [3.8, 4) is 0 Å². The van der Waals surface area contributed by atoms with Crippen LogP contribution < -0.4 is 0 Å². The van der Waals surface area contributed by atoms with Gasteiger partial charge in [-0.3, -0.25) is 0 Å². The number of hydrogen-bond acceptors (Lipinski definition) is 8. The molecular formula is C28H53O7PS3. The maximum Gasteiger partial charge on any atom is 0.346 e. The van der Waals surface area contributed by atoms with E-state index in [4.69, 9.17) is 26.0 Å². The summed E-state index contributed by atoms with van der Waals surface area (Å²) in [5, 5.41) is 0. The van der Waals surface area contributed by atoms with Gasteiger partial charge in [0, 0.05) is 0 Å². The molecule has 0 aliphatic heterocycles. The van der Waals surface area contributed by atoms with E-state index < -0.39 is 27.3 Å². The van der Waals surface area contributed by atoms with E-state index in [1.54, 1.807) is 0 Å². The molecule has 0 rings (SSSR count). The van der Waals surface area contributed by atoms with E-state index in [1.807, 2.05) is 0 Å². The fourth-order valence-corrected chi connectivity index (χ4v) is 8.44. The summed E-state index contributed by atoms with van der Waals surface area (Å²) in [6.07, 6.45) is 10.4. The Balaban J connectivity index is 5.50. The fraction of sp³-hybridized carbons (Fsp3) is 0.893. The van der Waals surface area contributed by atoms with Gasteiger partial charge in [0.1, 0.15) is 0 Å². The summed E-state index contributed by atoms with van der Waals surface area (Å²) in [4.78, 5) is 50.5. The van der Waals surface area contributed by atoms with E-state index in [9.17, 15) is 19.3 Å². The fourth-order valence-electron chi connectivity index (χ4n) is 3.83. The van der Waals surface area contributed by atoms with Crippen LogP contribution in [0, 0.1) is 17.8 Å². The Morgan fingerprint density at radius 3 is 1.18 bits per heavy atom. The minimum Gasteiger partial charge on any atom is -0.464 e. The highest BCUT2D eigenvalue weighted by Gasteiger charge is 2.61. The first-order valence-corrected chi connectivity index (χ1v) is 19.8. The number of unbranched alkanes of at least 4 members (excludes halogenated alkanes) is 6. The van der Waals surface area contributed by atoms with Crippen LogP contribution in [-0.2, 0) is 40.4 Å². The molecule has 0 aliphatic carbocycles. The standard InChI is InChI=1S/C28H53O7PS3/c1-22(2)16-10-7-13-19-33-25(29)28(39-36(32,37)38,26(30)34-20-14-8-11-17-23(3)4)27(31)35-21-15-9-12-18-24(5)6/h22-24H,7-21H2,1-6H3,(H2,32,37,38). The molecule has 39 heavy (non-hydrogen) atoms. The molecule has 230 valence electrons. The van der Waals surface area contributed by atoms with Crippen LogP contribution in [-0.4, -0.2) is 47.4 Å². The molecule has 0 spiro atoms. The van der Waals surface area contributed by atoms with Crippen molar-refractivity contribution in [2.45, 2.75) is 123 Å². The molecule has 0 aliphatic rings. The highest BCUT2D eigenvalue weighted by atomic mass is 33.2. The van der Waals surface area contributed by atoms with Crippen LogP contribution in [0.25, 0.3) is 0 Å². The number of ether oxygens (including phenoxy) is 3. The lowest BCUT2D eigenvalue weighted by Crippen LogP contribution is -2.53. The van der Waals surface area contributed by atoms with Gasteiger partial charge in [-0.25, -0.2) is 14.4 Å². The lowest BCUT2D eigenvalue weighted by atomic mass is 10.1. The molecule has 7 nitrogen and oxygen atoms in total. The van der Waals surface area contributed by atoms with Gasteiger partial charge in [0.15, 0.2) is 4.67 Å². The number of hydrogen-bond donors (Lipinski definition) is 2. The molecule has 0 bridgehead atoms. The van der Waals surface area contributed by atoms with Crippen LogP contribution in [0.2, 0.25) is 0 Å². The second kappa shape index (κ2) is 21.4. The number of esters is 3. The first-order valence-electron chi connectivity index (χ1n) is 14.5. The minimum atomic E-state index is -3.59. The summed E-state index contributed by atoms with van der Waals surface area (Å²) in [6, 6.07) is 0. The maximum absolute atomic E-state index is 13.4. The molecule has 0 aromatic carbocycles. The van der Waals surface area contributed by atoms with Gasteiger partial charge in [-0.2, -0.15) is 0 Å². The Morgan fingerprint density at radius 2 is 0.949 bits per heavy atom. The monoisotopic (exact) mass is 628 g/mol. The second-order valence-electron chi connectivity index (χ2n) is 11.4. The number of carbonyl (C=O) groups is 3. The summed E-state index contributed by atoms with van der Waals surface area (Å²) < 4.78 is 10.1. The topological polar surface area (TPSA) is 99.1 Å². The van der Waals surface area contributed by atoms with Crippen molar-refractivity contribution >= 4 is 58.0 Å². The highest BCUT2D eigenvalue weighted by molar-refractivity contribution is 8.95. The number of rotatable bonds is 23. The zero-order valence-electron chi connectivity index (χ0n) is 24.9. The van der Waals surface area contributed by atoms with Crippen molar-refractivity contribution in [2.75, 3.05) is 19.8 Å². The van der Waals surface area contributed by atoms with E-state index in [0.717, 1.165) is 57.8 Å². The van der Waals surface area contributed by atoms with Crippen molar-refractivity contribution in [2.24, 2.45) is 17.8 Å². The highest BCUT2D eigenvalue weighted by Crippen LogP contribution is 2.65. The first-order chi connectivity index (χ1) is 18.2. The van der Waals surface area contributed by atoms with Crippen LogP contribution in [0.3, 0.4) is 0 Å². The number of thiol groups is 1. The largest absolute Gasteiger partial charge is 0.464 e. The van der Waals surface area contributed by atoms with E-state index in [-0.39, 0.29) is 19.8 Å². The van der Waals surface area contributed by atoms with Crippen molar-refractivity contribution in [3.05, 3.63) is 0 Å². The lowest BCUT2D eigenvalue weighted by molar-refractivity contribution is -0.169. The first kappa shape index (κ1) is 38.7. The van der Waals surface area contributed by atoms with E-state index in [0.29, 0.717) is 48.4 Å². The molecule has 1 atom stereocenters. The average Bonchev–Trinajstić information content (AvgIpc) is 2.82. The molecule has 1 unspecified atom stereocenters. The summed E-state index contributed by atoms with van der Waals surface area (Å²) >= 11 is 9.38. The van der Waals surface area contributed by atoms with E-state index in [2.05, 4.69) is 53.8 Å². The second-order valence-corrected chi connectivity index (χ2v) is 20.9. The quantitative estimate of drug-likeness (QED) is 0.0292. The molecule has 0 radical (unpaired) electrons. The molecule has 0 fully saturated rings. The summed E-state index contributed by atoms with van der Waals surface area (Å²) in [5.41, 5.74) is 0. The molecule has 0 aromatic heterocycles. The van der Waals surface area contributed by atoms with Crippen molar-refractivity contribution in [1.29, 1.82) is 0 Å². The SMILES string of the molecule is CC(C)CCCCCOC(=O)C(SP(O)(=S)S)(C(=O)OCCCCCC(C)C)C(=O)OCCCCCC(C)C. The van der Waals surface area contributed by atoms with Crippen LogP contribution in [0.15, 0.2) is 0 Å². The van der Waals surface area contributed by atoms with Gasteiger partial charge in [0.05, 0.1) is 19.8 Å². The molecule has 0 aromatic rings. The lowest BCUT2D eigenvalue weighted by Gasteiger charge is -2.28. The number of carbonyl (C=O) groups excluding carboxylic acids is 3. The van der Waals surface area contributed by atoms with Crippen molar-refractivity contribution < 1.29 is 33.5 Å². The van der Waals surface area contributed by atoms with Gasteiger partial charge in [-0.1, -0.05) is 99.3 Å². The predicted molar refractivity (Wildman–Crippen MR) is 169 cm³/mol. The summed E-state index contributed by atoms with van der Waals surface area (Å²) in [7, 11) is 0. The van der Waals surface area contributed by atoms with E-state index >= 15 is 0 Å². The van der Waals surface area contributed by atoms with Gasteiger partial charge in [-0.05, 0) is 60.2 Å². The predicted octanol–water partition coefficient (Wildman–Crippen LogP) is 7.88. The summed E-state index contributed by atoms with van der Waals surface area (Å²) in [5.74, 6) is -1.61. The smallest absolute Gasteiger partial charge is 0.346 e. The van der Waals surface area contributed by atoms with Crippen molar-refractivity contribution in [3.63, 3.8) is 0 Å².